The summed E-state index contributed by atoms with van der Waals surface area (Å²) in [5, 5.41) is 0. The number of hydrogen-bond acceptors (Lipinski definition) is 4. The number of piperazine rings is 1. The Kier molecular flexibility index (Phi) is 6.25. The number of nitrogens with zero attached hydrogens (tertiary/aromatic N) is 3. The summed E-state index contributed by atoms with van der Waals surface area (Å²) in [4.78, 5) is 16.4. The van der Waals surface area contributed by atoms with Gasteiger partial charge in [-0.15, -0.1) is 0 Å². The van der Waals surface area contributed by atoms with Gasteiger partial charge in [0.2, 0.25) is 15.9 Å². The first-order valence-corrected chi connectivity index (χ1v) is 11.1. The van der Waals surface area contributed by atoms with Crippen molar-refractivity contribution in [2.45, 2.75) is 6.18 Å². The number of sulfonamides is 1. The first-order valence-electron chi connectivity index (χ1n) is 9.28. The van der Waals surface area contributed by atoms with Gasteiger partial charge in [0.25, 0.3) is 0 Å². The summed E-state index contributed by atoms with van der Waals surface area (Å²) in [6.45, 7) is 1.61. The van der Waals surface area contributed by atoms with Crippen molar-refractivity contribution < 1.29 is 26.4 Å². The smallest absolute Gasteiger partial charge is 0.368 e. The third-order valence-corrected chi connectivity index (χ3v) is 6.06. The highest BCUT2D eigenvalue weighted by Gasteiger charge is 2.31. The summed E-state index contributed by atoms with van der Waals surface area (Å²) in [6.07, 6.45) is -3.60. The van der Waals surface area contributed by atoms with E-state index >= 15 is 0 Å². The predicted octanol–water partition coefficient (Wildman–Crippen LogP) is 2.82. The Bertz CT molecular complexity index is 972. The molecule has 3 rings (SSSR count). The Morgan fingerprint density at radius 1 is 0.967 bits per heavy atom. The Morgan fingerprint density at radius 3 is 2.03 bits per heavy atom. The van der Waals surface area contributed by atoms with Crippen molar-refractivity contribution in [2.24, 2.45) is 0 Å². The van der Waals surface area contributed by atoms with E-state index in [-0.39, 0.29) is 5.69 Å². The molecule has 1 amide bonds. The van der Waals surface area contributed by atoms with Gasteiger partial charge in [-0.1, -0.05) is 18.2 Å². The SMILES string of the molecule is CS(=O)(=O)N(CC(=O)N1CCN(c2ccccc2)CC1)c1ccc(C(F)(F)F)cc1. The standard InChI is InChI=1S/C20H22F3N3O3S/c1-30(28,29)26(18-9-7-16(8-10-18)20(21,22)23)15-19(27)25-13-11-24(12-14-25)17-5-3-2-4-6-17/h2-10H,11-15H2,1H3. The number of carbonyl (C=O) groups is 1. The van der Waals surface area contributed by atoms with E-state index < -0.39 is 34.2 Å². The second-order valence-electron chi connectivity index (χ2n) is 7.02. The van der Waals surface area contributed by atoms with Gasteiger partial charge >= 0.3 is 6.18 Å². The third kappa shape index (κ3) is 5.24. The van der Waals surface area contributed by atoms with E-state index in [1.54, 1.807) is 4.90 Å². The molecule has 0 atom stereocenters. The molecule has 1 heterocycles. The van der Waals surface area contributed by atoms with E-state index in [2.05, 4.69) is 4.90 Å². The van der Waals surface area contributed by atoms with Gasteiger partial charge in [-0.05, 0) is 36.4 Å². The predicted molar refractivity (Wildman–Crippen MR) is 109 cm³/mol. The average Bonchev–Trinajstić information content (AvgIpc) is 2.71. The number of rotatable bonds is 5. The van der Waals surface area contributed by atoms with E-state index in [0.717, 1.165) is 40.5 Å². The zero-order valence-electron chi connectivity index (χ0n) is 16.3. The molecule has 10 heteroatoms. The molecule has 0 aromatic heterocycles. The number of alkyl halides is 3. The van der Waals surface area contributed by atoms with Gasteiger partial charge in [0.1, 0.15) is 6.54 Å². The van der Waals surface area contributed by atoms with Crippen molar-refractivity contribution in [3.63, 3.8) is 0 Å². The van der Waals surface area contributed by atoms with Gasteiger partial charge in [-0.3, -0.25) is 9.10 Å². The molecule has 0 spiro atoms. The fourth-order valence-electron chi connectivity index (χ4n) is 3.29. The Labute approximate surface area is 173 Å². The van der Waals surface area contributed by atoms with Gasteiger partial charge < -0.3 is 9.80 Å². The number of anilines is 2. The molecule has 6 nitrogen and oxygen atoms in total. The van der Waals surface area contributed by atoms with E-state index in [1.165, 1.54) is 0 Å². The first kappa shape index (κ1) is 21.9. The molecule has 0 saturated carbocycles. The van der Waals surface area contributed by atoms with Crippen LogP contribution in [0.1, 0.15) is 5.56 Å². The van der Waals surface area contributed by atoms with Crippen LogP contribution in [0.5, 0.6) is 0 Å². The lowest BCUT2D eigenvalue weighted by Gasteiger charge is -2.37. The summed E-state index contributed by atoms with van der Waals surface area (Å²) < 4.78 is 63.5. The maximum Gasteiger partial charge on any atom is 0.416 e. The van der Waals surface area contributed by atoms with Crippen LogP contribution in [0.25, 0.3) is 0 Å². The van der Waals surface area contributed by atoms with Crippen LogP contribution in [0.15, 0.2) is 54.6 Å². The molecule has 2 aromatic rings. The summed E-state index contributed by atoms with van der Waals surface area (Å²) >= 11 is 0. The lowest BCUT2D eigenvalue weighted by Crippen LogP contribution is -2.52. The molecule has 0 radical (unpaired) electrons. The minimum absolute atomic E-state index is 0.0155. The molecule has 162 valence electrons. The fourth-order valence-corrected chi connectivity index (χ4v) is 4.14. The van der Waals surface area contributed by atoms with Crippen molar-refractivity contribution in [3.05, 3.63) is 60.2 Å². The van der Waals surface area contributed by atoms with Crippen LogP contribution < -0.4 is 9.21 Å². The second-order valence-corrected chi connectivity index (χ2v) is 8.92. The van der Waals surface area contributed by atoms with Crippen molar-refractivity contribution in [1.82, 2.24) is 4.90 Å². The summed E-state index contributed by atoms with van der Waals surface area (Å²) in [6, 6.07) is 13.5. The highest BCUT2D eigenvalue weighted by atomic mass is 32.2. The largest absolute Gasteiger partial charge is 0.416 e. The van der Waals surface area contributed by atoms with Crippen LogP contribution in [-0.4, -0.2) is 58.2 Å². The number of benzene rings is 2. The molecular weight excluding hydrogens is 419 g/mol. The maximum absolute atomic E-state index is 12.8. The molecule has 1 aliphatic heterocycles. The Balaban J connectivity index is 1.68. The second kappa shape index (κ2) is 8.55. The van der Waals surface area contributed by atoms with E-state index in [9.17, 15) is 26.4 Å². The van der Waals surface area contributed by atoms with Crippen molar-refractivity contribution in [2.75, 3.05) is 48.2 Å². The topological polar surface area (TPSA) is 60.9 Å². The fraction of sp³-hybridized carbons (Fsp3) is 0.350. The van der Waals surface area contributed by atoms with Gasteiger partial charge in [-0.2, -0.15) is 13.2 Å². The molecule has 0 unspecified atom stereocenters. The molecular formula is C20H22F3N3O3S. The monoisotopic (exact) mass is 441 g/mol. The lowest BCUT2D eigenvalue weighted by molar-refractivity contribution is -0.137. The molecule has 0 bridgehead atoms. The lowest BCUT2D eigenvalue weighted by atomic mass is 10.2. The number of halogens is 3. The van der Waals surface area contributed by atoms with Crippen LogP contribution in [0.2, 0.25) is 0 Å². The molecule has 0 aliphatic carbocycles. The quantitative estimate of drug-likeness (QED) is 0.716. The van der Waals surface area contributed by atoms with E-state index in [4.69, 9.17) is 0 Å². The Morgan fingerprint density at radius 2 is 1.53 bits per heavy atom. The van der Waals surface area contributed by atoms with Crippen LogP contribution in [-0.2, 0) is 21.0 Å². The summed E-state index contributed by atoms with van der Waals surface area (Å²) in [7, 11) is -3.86. The molecule has 0 N–H and O–H groups in total. The molecule has 1 aliphatic rings. The molecule has 1 fully saturated rings. The molecule has 30 heavy (non-hydrogen) atoms. The van der Waals surface area contributed by atoms with Crippen LogP contribution >= 0.6 is 0 Å². The van der Waals surface area contributed by atoms with Gasteiger partial charge in [0.15, 0.2) is 0 Å². The van der Waals surface area contributed by atoms with Crippen LogP contribution in [0.4, 0.5) is 24.5 Å². The molecule has 1 saturated heterocycles. The number of para-hydroxylation sites is 1. The van der Waals surface area contributed by atoms with Crippen LogP contribution in [0, 0.1) is 0 Å². The maximum atomic E-state index is 12.8. The van der Waals surface area contributed by atoms with E-state index in [1.807, 2.05) is 30.3 Å². The van der Waals surface area contributed by atoms with Crippen molar-refractivity contribution in [1.29, 1.82) is 0 Å². The van der Waals surface area contributed by atoms with Gasteiger partial charge in [0.05, 0.1) is 17.5 Å². The highest BCUT2D eigenvalue weighted by molar-refractivity contribution is 7.92. The average molecular weight is 441 g/mol. The zero-order chi connectivity index (χ0) is 21.9. The van der Waals surface area contributed by atoms with Crippen molar-refractivity contribution >= 4 is 27.3 Å². The molecule has 2 aromatic carbocycles. The highest BCUT2D eigenvalue weighted by Crippen LogP contribution is 2.31. The third-order valence-electron chi connectivity index (χ3n) is 4.92. The number of hydrogen-bond donors (Lipinski definition) is 0. The number of amides is 1. The Hall–Kier alpha value is -2.75. The van der Waals surface area contributed by atoms with Gasteiger partial charge in [-0.25, -0.2) is 8.42 Å². The summed E-state index contributed by atoms with van der Waals surface area (Å²) in [5.74, 6) is -0.395. The minimum atomic E-state index is -4.53. The van der Waals surface area contributed by atoms with Crippen molar-refractivity contribution in [3.8, 4) is 0 Å². The normalized spacial score (nSPS) is 15.2. The van der Waals surface area contributed by atoms with Crippen LogP contribution in [0.3, 0.4) is 0 Å². The zero-order valence-corrected chi connectivity index (χ0v) is 17.2. The first-order chi connectivity index (χ1) is 14.1. The summed E-state index contributed by atoms with van der Waals surface area (Å²) in [5.41, 5.74) is 0.178. The van der Waals surface area contributed by atoms with E-state index in [0.29, 0.717) is 26.2 Å². The van der Waals surface area contributed by atoms with Gasteiger partial charge in [0, 0.05) is 31.9 Å². The number of carbonyl (C=O) groups excluding carboxylic acids is 1. The minimum Gasteiger partial charge on any atom is -0.368 e.